The molecule has 2 heterocycles. The lowest BCUT2D eigenvalue weighted by Gasteiger charge is -2.13. The number of halogens is 1. The zero-order valence-electron chi connectivity index (χ0n) is 14.5. The number of nitrogens with zero attached hydrogens (tertiary/aromatic N) is 3. The molecule has 126 valence electrons. The Labute approximate surface area is 145 Å². The predicted octanol–water partition coefficient (Wildman–Crippen LogP) is 4.19. The van der Waals surface area contributed by atoms with Crippen LogP contribution in [-0.4, -0.2) is 26.5 Å². The van der Waals surface area contributed by atoms with E-state index in [1.807, 2.05) is 18.4 Å². The summed E-state index contributed by atoms with van der Waals surface area (Å²) in [5.41, 5.74) is 5.42. The maximum absolute atomic E-state index is 12.2. The first-order chi connectivity index (χ1) is 11.3. The SMILES string of the molecule is CCOC(=O)c1c(C)nc2n(-c3c(C)cc(C)cc3C)c(Cl)cn12. The first-order valence-corrected chi connectivity index (χ1v) is 8.24. The lowest BCUT2D eigenvalue weighted by Crippen LogP contribution is -2.08. The van der Waals surface area contributed by atoms with E-state index in [4.69, 9.17) is 16.3 Å². The molecule has 1 aromatic carbocycles. The number of esters is 1. The standard InChI is InChI=1S/C18H20ClN3O2/c1-6-24-17(23)16-13(5)20-18-21(16)9-14(19)22(18)15-11(3)7-10(2)8-12(15)4/h7-9H,6H2,1-5H3. The lowest BCUT2D eigenvalue weighted by molar-refractivity contribution is 0.0517. The van der Waals surface area contributed by atoms with Gasteiger partial charge < -0.3 is 4.74 Å². The van der Waals surface area contributed by atoms with E-state index in [0.29, 0.717) is 28.9 Å². The minimum atomic E-state index is -0.395. The number of hydrogen-bond acceptors (Lipinski definition) is 3. The monoisotopic (exact) mass is 345 g/mol. The van der Waals surface area contributed by atoms with E-state index in [1.54, 1.807) is 24.4 Å². The summed E-state index contributed by atoms with van der Waals surface area (Å²) in [5, 5.41) is 0.498. The number of ether oxygens (including phenoxy) is 1. The molecule has 0 amide bonds. The molecular weight excluding hydrogens is 326 g/mol. The van der Waals surface area contributed by atoms with Gasteiger partial charge in [-0.1, -0.05) is 29.3 Å². The topological polar surface area (TPSA) is 48.5 Å². The number of imidazole rings is 2. The molecule has 0 aliphatic carbocycles. The van der Waals surface area contributed by atoms with Crippen LogP contribution in [0.2, 0.25) is 5.15 Å². The summed E-state index contributed by atoms with van der Waals surface area (Å²) in [6.07, 6.45) is 1.71. The molecule has 0 aliphatic rings. The average Bonchev–Trinajstić information content (AvgIpc) is 2.93. The van der Waals surface area contributed by atoms with Crippen molar-refractivity contribution < 1.29 is 9.53 Å². The van der Waals surface area contributed by atoms with Gasteiger partial charge in [-0.15, -0.1) is 0 Å². The van der Waals surface area contributed by atoms with E-state index in [-0.39, 0.29) is 0 Å². The average molecular weight is 346 g/mol. The van der Waals surface area contributed by atoms with Gasteiger partial charge in [0.2, 0.25) is 5.78 Å². The Morgan fingerprint density at radius 1 is 1.21 bits per heavy atom. The summed E-state index contributed by atoms with van der Waals surface area (Å²) in [7, 11) is 0. The molecule has 0 saturated carbocycles. The van der Waals surface area contributed by atoms with Gasteiger partial charge in [0.25, 0.3) is 0 Å². The van der Waals surface area contributed by atoms with Crippen molar-refractivity contribution in [1.82, 2.24) is 14.0 Å². The Kier molecular flexibility index (Phi) is 4.13. The first-order valence-electron chi connectivity index (χ1n) is 7.86. The molecule has 0 saturated heterocycles. The van der Waals surface area contributed by atoms with Crippen molar-refractivity contribution in [3.63, 3.8) is 0 Å². The third kappa shape index (κ3) is 2.49. The Bertz CT molecular complexity index is 930. The zero-order chi connectivity index (χ0) is 17.6. The molecule has 5 nitrogen and oxygen atoms in total. The van der Waals surface area contributed by atoms with E-state index in [9.17, 15) is 4.79 Å². The van der Waals surface area contributed by atoms with Crippen LogP contribution in [0.3, 0.4) is 0 Å². The number of hydrogen-bond donors (Lipinski definition) is 0. The molecular formula is C18H20ClN3O2. The number of fused-ring (bicyclic) bond motifs is 1. The quantitative estimate of drug-likeness (QED) is 0.669. The molecule has 0 spiro atoms. The van der Waals surface area contributed by atoms with E-state index in [0.717, 1.165) is 16.8 Å². The molecule has 0 aliphatic heterocycles. The number of carbonyl (C=O) groups excluding carboxylic acids is 1. The second-order valence-electron chi connectivity index (χ2n) is 5.97. The van der Waals surface area contributed by atoms with Crippen LogP contribution in [0.15, 0.2) is 18.3 Å². The fourth-order valence-electron chi connectivity index (χ4n) is 3.25. The fraction of sp³-hybridized carbons (Fsp3) is 0.333. The molecule has 3 aromatic rings. The van der Waals surface area contributed by atoms with Crippen LogP contribution in [0.1, 0.15) is 39.8 Å². The highest BCUT2D eigenvalue weighted by Crippen LogP contribution is 2.29. The third-order valence-corrected chi connectivity index (χ3v) is 4.31. The van der Waals surface area contributed by atoms with Crippen LogP contribution in [-0.2, 0) is 4.74 Å². The van der Waals surface area contributed by atoms with Crippen molar-refractivity contribution in [1.29, 1.82) is 0 Å². The highest BCUT2D eigenvalue weighted by Gasteiger charge is 2.23. The Morgan fingerprint density at radius 2 is 1.83 bits per heavy atom. The summed E-state index contributed by atoms with van der Waals surface area (Å²) in [4.78, 5) is 16.8. The van der Waals surface area contributed by atoms with Gasteiger partial charge in [-0.2, -0.15) is 0 Å². The smallest absolute Gasteiger partial charge is 0.357 e. The summed E-state index contributed by atoms with van der Waals surface area (Å²) >= 11 is 6.48. The van der Waals surface area contributed by atoms with Crippen molar-refractivity contribution in [3.05, 3.63) is 51.6 Å². The molecule has 24 heavy (non-hydrogen) atoms. The molecule has 0 N–H and O–H groups in total. The normalized spacial score (nSPS) is 11.2. The van der Waals surface area contributed by atoms with Gasteiger partial charge in [-0.25, -0.2) is 9.78 Å². The number of rotatable bonds is 3. The predicted molar refractivity (Wildman–Crippen MR) is 94.4 cm³/mol. The molecule has 2 aromatic heterocycles. The molecule has 0 atom stereocenters. The lowest BCUT2D eigenvalue weighted by atomic mass is 10.1. The van der Waals surface area contributed by atoms with Crippen molar-refractivity contribution in [2.24, 2.45) is 0 Å². The largest absolute Gasteiger partial charge is 0.461 e. The number of benzene rings is 1. The molecule has 0 unspecified atom stereocenters. The molecule has 0 radical (unpaired) electrons. The third-order valence-electron chi connectivity index (χ3n) is 4.04. The zero-order valence-corrected chi connectivity index (χ0v) is 15.2. The number of aromatic nitrogens is 3. The molecule has 0 fully saturated rings. The second kappa shape index (κ2) is 5.98. The maximum atomic E-state index is 12.2. The van der Waals surface area contributed by atoms with Crippen LogP contribution in [0, 0.1) is 27.7 Å². The Hall–Kier alpha value is -2.27. The minimum Gasteiger partial charge on any atom is -0.461 e. The Balaban J connectivity index is 2.30. The molecule has 6 heteroatoms. The van der Waals surface area contributed by atoms with Gasteiger partial charge >= 0.3 is 5.97 Å². The van der Waals surface area contributed by atoms with Gasteiger partial charge in [-0.3, -0.25) is 8.97 Å². The van der Waals surface area contributed by atoms with Gasteiger partial charge in [-0.05, 0) is 45.7 Å². The first kappa shape index (κ1) is 16.6. The van der Waals surface area contributed by atoms with Crippen molar-refractivity contribution in [3.8, 4) is 5.69 Å². The maximum Gasteiger partial charge on any atom is 0.357 e. The van der Waals surface area contributed by atoms with E-state index in [1.165, 1.54) is 5.56 Å². The minimum absolute atomic E-state index is 0.316. The van der Waals surface area contributed by atoms with Crippen LogP contribution in [0.25, 0.3) is 11.5 Å². The molecule has 3 rings (SSSR count). The Morgan fingerprint density at radius 3 is 2.42 bits per heavy atom. The van der Waals surface area contributed by atoms with Gasteiger partial charge in [0.15, 0.2) is 5.69 Å². The van der Waals surface area contributed by atoms with Gasteiger partial charge in [0.1, 0.15) is 5.15 Å². The molecule has 0 bridgehead atoms. The van der Waals surface area contributed by atoms with Crippen LogP contribution in [0.4, 0.5) is 0 Å². The van der Waals surface area contributed by atoms with Crippen LogP contribution >= 0.6 is 11.6 Å². The van der Waals surface area contributed by atoms with Crippen molar-refractivity contribution in [2.75, 3.05) is 6.61 Å². The highest BCUT2D eigenvalue weighted by molar-refractivity contribution is 6.30. The van der Waals surface area contributed by atoms with Crippen molar-refractivity contribution >= 4 is 23.3 Å². The number of carbonyl (C=O) groups is 1. The summed E-state index contributed by atoms with van der Waals surface area (Å²) in [5.74, 6) is 0.212. The van der Waals surface area contributed by atoms with E-state index < -0.39 is 5.97 Å². The second-order valence-corrected chi connectivity index (χ2v) is 6.36. The van der Waals surface area contributed by atoms with Crippen LogP contribution in [0.5, 0.6) is 0 Å². The number of aryl methyl sites for hydroxylation is 4. The van der Waals surface area contributed by atoms with Crippen LogP contribution < -0.4 is 0 Å². The van der Waals surface area contributed by atoms with E-state index >= 15 is 0 Å². The fourth-order valence-corrected chi connectivity index (χ4v) is 3.51. The van der Waals surface area contributed by atoms with E-state index in [2.05, 4.69) is 24.0 Å². The van der Waals surface area contributed by atoms with Gasteiger partial charge in [0, 0.05) is 6.20 Å². The van der Waals surface area contributed by atoms with Crippen molar-refractivity contribution in [2.45, 2.75) is 34.6 Å². The van der Waals surface area contributed by atoms with Gasteiger partial charge in [0.05, 0.1) is 18.0 Å². The summed E-state index contributed by atoms with van der Waals surface area (Å²) in [6.45, 7) is 10.1. The summed E-state index contributed by atoms with van der Waals surface area (Å²) < 4.78 is 8.72. The summed E-state index contributed by atoms with van der Waals surface area (Å²) in [6, 6.07) is 4.22. The highest BCUT2D eigenvalue weighted by atomic mass is 35.5.